The van der Waals surface area contributed by atoms with Crippen LogP contribution in [0.3, 0.4) is 0 Å². The number of nitrogens with zero attached hydrogens (tertiary/aromatic N) is 1. The van der Waals surface area contributed by atoms with Crippen molar-refractivity contribution in [3.8, 4) is 0 Å². The summed E-state index contributed by atoms with van der Waals surface area (Å²) in [6, 6.07) is 0. The van der Waals surface area contributed by atoms with Crippen molar-refractivity contribution < 1.29 is 29.0 Å². The Kier molecular flexibility index (Phi) is 5.29. The molecular weight excluding hydrogens is 254 g/mol. The molecule has 0 bridgehead atoms. The summed E-state index contributed by atoms with van der Waals surface area (Å²) in [6.45, 7) is 4.60. The number of rotatable bonds is 4. The number of piperidine rings is 1. The number of esters is 2. The van der Waals surface area contributed by atoms with Gasteiger partial charge in [0.25, 0.3) is 0 Å². The van der Waals surface area contributed by atoms with Gasteiger partial charge < -0.3 is 14.6 Å². The molecule has 0 aliphatic carbocycles. The van der Waals surface area contributed by atoms with Crippen molar-refractivity contribution in [1.82, 2.24) is 4.90 Å². The number of aliphatic carboxylic acids is 1. The van der Waals surface area contributed by atoms with E-state index in [1.54, 1.807) is 0 Å². The molecule has 0 aromatic rings. The minimum absolute atomic E-state index is 0.00158. The zero-order valence-corrected chi connectivity index (χ0v) is 11.3. The number of likely N-dealkylation sites (tertiary alicyclic amines) is 1. The molecule has 0 aromatic heterocycles. The molecule has 1 N–H and O–H groups in total. The Morgan fingerprint density at radius 3 is 2.26 bits per heavy atom. The fourth-order valence-electron chi connectivity index (χ4n) is 2.17. The van der Waals surface area contributed by atoms with Crippen LogP contribution in [0.25, 0.3) is 0 Å². The Hall–Kier alpha value is -1.63. The zero-order chi connectivity index (χ0) is 14.6. The predicted octanol–water partition coefficient (Wildman–Crippen LogP) is 0.234. The number of carbonyl (C=O) groups is 3. The summed E-state index contributed by atoms with van der Waals surface area (Å²) in [6.07, 6.45) is -0.820. The van der Waals surface area contributed by atoms with Crippen LogP contribution in [-0.2, 0) is 23.9 Å². The average molecular weight is 273 g/mol. The Balaban J connectivity index is 2.89. The first-order valence-electron chi connectivity index (χ1n) is 6.11. The van der Waals surface area contributed by atoms with Gasteiger partial charge >= 0.3 is 17.9 Å². The molecular formula is C12H19NO6. The molecule has 1 saturated heterocycles. The highest BCUT2D eigenvalue weighted by Gasteiger charge is 2.41. The van der Waals surface area contributed by atoms with E-state index in [0.29, 0.717) is 13.0 Å². The molecule has 7 nitrogen and oxygen atoms in total. The highest BCUT2D eigenvalue weighted by atomic mass is 16.6. The highest BCUT2D eigenvalue weighted by molar-refractivity contribution is 5.70. The van der Waals surface area contributed by atoms with E-state index in [-0.39, 0.29) is 12.5 Å². The minimum Gasteiger partial charge on any atom is -0.480 e. The van der Waals surface area contributed by atoms with Crippen molar-refractivity contribution >= 4 is 17.9 Å². The standard InChI is InChI=1S/C12H19NO6/c1-7-4-5-13(6-10(16)17)12(19-9(3)15)11(7)18-8(2)14/h7,11-12H,4-6H2,1-3H3,(H,16,17). The maximum atomic E-state index is 11.1. The Morgan fingerprint density at radius 1 is 1.21 bits per heavy atom. The minimum atomic E-state index is -1.02. The number of hydrogen-bond acceptors (Lipinski definition) is 6. The molecule has 1 heterocycles. The van der Waals surface area contributed by atoms with Gasteiger partial charge in [0.05, 0.1) is 6.54 Å². The molecule has 0 radical (unpaired) electrons. The van der Waals surface area contributed by atoms with E-state index in [9.17, 15) is 14.4 Å². The van der Waals surface area contributed by atoms with Gasteiger partial charge in [-0.3, -0.25) is 19.3 Å². The van der Waals surface area contributed by atoms with Crippen LogP contribution in [-0.4, -0.2) is 53.3 Å². The smallest absolute Gasteiger partial charge is 0.317 e. The summed E-state index contributed by atoms with van der Waals surface area (Å²) in [5.41, 5.74) is 0. The summed E-state index contributed by atoms with van der Waals surface area (Å²) in [5.74, 6) is -2.04. The number of carboxylic acid groups (broad SMARTS) is 1. The van der Waals surface area contributed by atoms with Crippen LogP contribution >= 0.6 is 0 Å². The first-order valence-corrected chi connectivity index (χ1v) is 6.11. The summed E-state index contributed by atoms with van der Waals surface area (Å²) < 4.78 is 10.3. The van der Waals surface area contributed by atoms with Gasteiger partial charge in [-0.25, -0.2) is 0 Å². The van der Waals surface area contributed by atoms with Crippen molar-refractivity contribution in [3.05, 3.63) is 0 Å². The normalized spacial score (nSPS) is 27.6. The van der Waals surface area contributed by atoms with E-state index in [0.717, 1.165) is 0 Å². The SMILES string of the molecule is CC(=O)OC1C(C)CCN(CC(=O)O)C1OC(C)=O. The lowest BCUT2D eigenvalue weighted by atomic mass is 9.94. The molecule has 0 amide bonds. The van der Waals surface area contributed by atoms with Crippen molar-refractivity contribution in [2.75, 3.05) is 13.1 Å². The molecule has 108 valence electrons. The third-order valence-corrected chi connectivity index (χ3v) is 3.00. The lowest BCUT2D eigenvalue weighted by Crippen LogP contribution is -2.56. The summed E-state index contributed by atoms with van der Waals surface area (Å²) in [5, 5.41) is 8.86. The van der Waals surface area contributed by atoms with Gasteiger partial charge in [0.15, 0.2) is 12.3 Å². The second-order valence-electron chi connectivity index (χ2n) is 4.70. The monoisotopic (exact) mass is 273 g/mol. The van der Waals surface area contributed by atoms with Crippen LogP contribution in [0.15, 0.2) is 0 Å². The Morgan fingerprint density at radius 2 is 1.79 bits per heavy atom. The van der Waals surface area contributed by atoms with E-state index in [2.05, 4.69) is 0 Å². The second kappa shape index (κ2) is 6.51. The topological polar surface area (TPSA) is 93.1 Å². The number of ether oxygens (including phenoxy) is 2. The van der Waals surface area contributed by atoms with Crippen molar-refractivity contribution in [3.63, 3.8) is 0 Å². The van der Waals surface area contributed by atoms with Gasteiger partial charge in [0.2, 0.25) is 0 Å². The summed E-state index contributed by atoms with van der Waals surface area (Å²) in [4.78, 5) is 34.6. The highest BCUT2D eigenvalue weighted by Crippen LogP contribution is 2.26. The van der Waals surface area contributed by atoms with Gasteiger partial charge in [-0.05, 0) is 12.3 Å². The van der Waals surface area contributed by atoms with Gasteiger partial charge in [-0.2, -0.15) is 0 Å². The molecule has 0 saturated carbocycles. The lowest BCUT2D eigenvalue weighted by molar-refractivity contribution is -0.199. The maximum Gasteiger partial charge on any atom is 0.317 e. The lowest BCUT2D eigenvalue weighted by Gasteiger charge is -2.41. The molecule has 19 heavy (non-hydrogen) atoms. The average Bonchev–Trinajstić information content (AvgIpc) is 2.25. The van der Waals surface area contributed by atoms with Gasteiger partial charge in [0.1, 0.15) is 0 Å². The molecule has 1 aliphatic rings. The largest absolute Gasteiger partial charge is 0.480 e. The molecule has 1 fully saturated rings. The quantitative estimate of drug-likeness (QED) is 0.733. The Bertz CT molecular complexity index is 369. The van der Waals surface area contributed by atoms with E-state index < -0.39 is 30.2 Å². The van der Waals surface area contributed by atoms with Crippen LogP contribution in [0.2, 0.25) is 0 Å². The van der Waals surface area contributed by atoms with Gasteiger partial charge in [-0.1, -0.05) is 6.92 Å². The van der Waals surface area contributed by atoms with Crippen molar-refractivity contribution in [2.45, 2.75) is 39.5 Å². The number of hydrogen-bond donors (Lipinski definition) is 1. The van der Waals surface area contributed by atoms with Crippen LogP contribution < -0.4 is 0 Å². The third kappa shape index (κ3) is 4.51. The van der Waals surface area contributed by atoms with Crippen LogP contribution in [0.5, 0.6) is 0 Å². The maximum absolute atomic E-state index is 11.1. The number of carboxylic acids is 1. The second-order valence-corrected chi connectivity index (χ2v) is 4.70. The van der Waals surface area contributed by atoms with Crippen LogP contribution in [0.1, 0.15) is 27.2 Å². The van der Waals surface area contributed by atoms with E-state index in [4.69, 9.17) is 14.6 Å². The zero-order valence-electron chi connectivity index (χ0n) is 11.3. The van der Waals surface area contributed by atoms with E-state index >= 15 is 0 Å². The van der Waals surface area contributed by atoms with Crippen LogP contribution in [0.4, 0.5) is 0 Å². The molecule has 0 spiro atoms. The van der Waals surface area contributed by atoms with E-state index in [1.165, 1.54) is 18.7 Å². The molecule has 7 heteroatoms. The van der Waals surface area contributed by atoms with Crippen LogP contribution in [0, 0.1) is 5.92 Å². The molecule has 0 aromatic carbocycles. The Labute approximate surface area is 111 Å². The van der Waals surface area contributed by atoms with Crippen molar-refractivity contribution in [2.24, 2.45) is 5.92 Å². The van der Waals surface area contributed by atoms with Gasteiger partial charge in [-0.15, -0.1) is 0 Å². The number of carbonyl (C=O) groups excluding carboxylic acids is 2. The molecule has 3 unspecified atom stereocenters. The van der Waals surface area contributed by atoms with E-state index in [1.807, 2.05) is 6.92 Å². The molecule has 1 aliphatic heterocycles. The molecule has 1 rings (SSSR count). The first kappa shape index (κ1) is 15.4. The summed E-state index contributed by atoms with van der Waals surface area (Å²) in [7, 11) is 0. The molecule has 3 atom stereocenters. The fraction of sp³-hybridized carbons (Fsp3) is 0.750. The fourth-order valence-corrected chi connectivity index (χ4v) is 2.17. The van der Waals surface area contributed by atoms with Crippen molar-refractivity contribution in [1.29, 1.82) is 0 Å². The predicted molar refractivity (Wildman–Crippen MR) is 64.1 cm³/mol. The first-order chi connectivity index (χ1) is 8.81. The van der Waals surface area contributed by atoms with Gasteiger partial charge in [0, 0.05) is 20.4 Å². The summed E-state index contributed by atoms with van der Waals surface area (Å²) >= 11 is 0. The third-order valence-electron chi connectivity index (χ3n) is 3.00.